The fourth-order valence-corrected chi connectivity index (χ4v) is 3.72. The van der Waals surface area contributed by atoms with Gasteiger partial charge in [-0.2, -0.15) is 0 Å². The van der Waals surface area contributed by atoms with Gasteiger partial charge in [-0.15, -0.1) is 0 Å². The van der Waals surface area contributed by atoms with Crippen LogP contribution in [0.2, 0.25) is 0 Å². The number of hydrogen-bond donors (Lipinski definition) is 2. The zero-order valence-corrected chi connectivity index (χ0v) is 14.6. The van der Waals surface area contributed by atoms with Crippen molar-refractivity contribution in [1.29, 1.82) is 0 Å². The number of hydrogen-bond acceptors (Lipinski definition) is 3. The molecule has 0 bridgehead atoms. The molecule has 1 saturated carbocycles. The first-order valence-electron chi connectivity index (χ1n) is 9.66. The fourth-order valence-electron chi connectivity index (χ4n) is 3.72. The molecule has 0 atom stereocenters. The Balaban J connectivity index is 1.37. The van der Waals surface area contributed by atoms with E-state index in [1.165, 1.54) is 56.2 Å². The van der Waals surface area contributed by atoms with E-state index < -0.39 is 5.97 Å². The Kier molecular flexibility index (Phi) is 5.75. The van der Waals surface area contributed by atoms with Crippen molar-refractivity contribution in [2.45, 2.75) is 89.0 Å². The maximum absolute atomic E-state index is 10.4. The standard InChI is InChI=1S/C20H30N2O2/c23-18(24)10-6-4-2-1-3-5-9-17-12-11-16-8-7-13-20(14-15-20)22-19(16)21-17/h11-12H,1-10,13-15H2,(H,21,22)(H,23,24). The van der Waals surface area contributed by atoms with Crippen LogP contribution in [-0.2, 0) is 17.6 Å². The molecule has 4 nitrogen and oxygen atoms in total. The van der Waals surface area contributed by atoms with Gasteiger partial charge in [0, 0.05) is 17.7 Å². The second-order valence-electron chi connectivity index (χ2n) is 7.58. The van der Waals surface area contributed by atoms with Crippen molar-refractivity contribution < 1.29 is 9.90 Å². The van der Waals surface area contributed by atoms with Crippen LogP contribution in [0.5, 0.6) is 0 Å². The first-order valence-corrected chi connectivity index (χ1v) is 9.66. The summed E-state index contributed by atoms with van der Waals surface area (Å²) >= 11 is 0. The molecule has 1 aliphatic carbocycles. The Morgan fingerprint density at radius 3 is 2.58 bits per heavy atom. The average molecular weight is 330 g/mol. The van der Waals surface area contributed by atoms with Crippen molar-refractivity contribution in [3.63, 3.8) is 0 Å². The number of rotatable bonds is 9. The third-order valence-electron chi connectivity index (χ3n) is 5.45. The van der Waals surface area contributed by atoms with Crippen LogP contribution in [0.3, 0.4) is 0 Å². The number of carboxylic acid groups (broad SMARTS) is 1. The van der Waals surface area contributed by atoms with E-state index in [1.807, 2.05) is 0 Å². The molecular formula is C20H30N2O2. The minimum Gasteiger partial charge on any atom is -0.481 e. The minimum atomic E-state index is -0.675. The van der Waals surface area contributed by atoms with Gasteiger partial charge in [0.25, 0.3) is 0 Å². The molecule has 0 radical (unpaired) electrons. The number of anilines is 1. The predicted molar refractivity (Wildman–Crippen MR) is 96.4 cm³/mol. The summed E-state index contributed by atoms with van der Waals surface area (Å²) in [4.78, 5) is 15.3. The third-order valence-corrected chi connectivity index (χ3v) is 5.45. The summed E-state index contributed by atoms with van der Waals surface area (Å²) in [5.74, 6) is 0.474. The van der Waals surface area contributed by atoms with E-state index in [0.29, 0.717) is 12.0 Å². The quantitative estimate of drug-likeness (QED) is 0.643. The van der Waals surface area contributed by atoms with E-state index in [0.717, 1.165) is 37.9 Å². The van der Waals surface area contributed by atoms with E-state index in [-0.39, 0.29) is 0 Å². The van der Waals surface area contributed by atoms with Crippen molar-refractivity contribution in [1.82, 2.24) is 4.98 Å². The summed E-state index contributed by atoms with van der Waals surface area (Å²) in [5, 5.41) is 12.3. The molecule has 2 aliphatic rings. The lowest BCUT2D eigenvalue weighted by Gasteiger charge is -2.16. The summed E-state index contributed by atoms with van der Waals surface area (Å²) in [6.45, 7) is 0. The number of pyridine rings is 1. The van der Waals surface area contributed by atoms with E-state index in [9.17, 15) is 4.79 Å². The number of fused-ring (bicyclic) bond motifs is 1. The van der Waals surface area contributed by atoms with Gasteiger partial charge in [0.1, 0.15) is 5.82 Å². The number of unbranched alkanes of at least 4 members (excludes halogenated alkanes) is 5. The van der Waals surface area contributed by atoms with E-state index in [4.69, 9.17) is 10.1 Å². The van der Waals surface area contributed by atoms with Crippen molar-refractivity contribution in [2.24, 2.45) is 0 Å². The number of aryl methyl sites for hydroxylation is 2. The molecule has 2 N–H and O–H groups in total. The van der Waals surface area contributed by atoms with E-state index >= 15 is 0 Å². The van der Waals surface area contributed by atoms with Crippen LogP contribution in [-0.4, -0.2) is 21.6 Å². The number of nitrogens with zero attached hydrogens (tertiary/aromatic N) is 1. The molecule has 1 fully saturated rings. The highest BCUT2D eigenvalue weighted by molar-refractivity contribution is 5.66. The zero-order chi connectivity index (χ0) is 16.8. The van der Waals surface area contributed by atoms with Gasteiger partial charge < -0.3 is 10.4 Å². The van der Waals surface area contributed by atoms with Crippen molar-refractivity contribution >= 4 is 11.8 Å². The first-order chi connectivity index (χ1) is 11.7. The molecule has 3 rings (SSSR count). The van der Waals surface area contributed by atoms with Gasteiger partial charge >= 0.3 is 5.97 Å². The first kappa shape index (κ1) is 17.2. The normalized spacial score (nSPS) is 17.8. The van der Waals surface area contributed by atoms with Crippen LogP contribution in [0.25, 0.3) is 0 Å². The second kappa shape index (κ2) is 8.00. The van der Waals surface area contributed by atoms with Crippen LogP contribution in [0.15, 0.2) is 12.1 Å². The highest BCUT2D eigenvalue weighted by Gasteiger charge is 2.43. The lowest BCUT2D eigenvalue weighted by Crippen LogP contribution is -2.20. The number of aliphatic carboxylic acids is 1. The number of aromatic nitrogens is 1. The number of carbonyl (C=O) groups is 1. The summed E-state index contributed by atoms with van der Waals surface area (Å²) in [7, 11) is 0. The van der Waals surface area contributed by atoms with Crippen LogP contribution in [0, 0.1) is 0 Å². The highest BCUT2D eigenvalue weighted by atomic mass is 16.4. The molecular weight excluding hydrogens is 300 g/mol. The summed E-state index contributed by atoms with van der Waals surface area (Å²) in [6.07, 6.45) is 14.3. The van der Waals surface area contributed by atoms with Gasteiger partial charge in [-0.1, -0.05) is 31.7 Å². The number of carboxylic acids is 1. The van der Waals surface area contributed by atoms with Crippen LogP contribution >= 0.6 is 0 Å². The second-order valence-corrected chi connectivity index (χ2v) is 7.58. The molecule has 2 heterocycles. The van der Waals surface area contributed by atoms with Gasteiger partial charge in [0.15, 0.2) is 0 Å². The van der Waals surface area contributed by atoms with Crippen molar-refractivity contribution in [3.8, 4) is 0 Å². The molecule has 0 aromatic carbocycles. The Morgan fingerprint density at radius 1 is 1.08 bits per heavy atom. The maximum Gasteiger partial charge on any atom is 0.303 e. The Bertz CT molecular complexity index is 567. The molecule has 0 amide bonds. The minimum absolute atomic E-state index is 0.313. The van der Waals surface area contributed by atoms with Gasteiger partial charge in [-0.05, 0) is 63.0 Å². The van der Waals surface area contributed by atoms with E-state index in [2.05, 4.69) is 17.4 Å². The Hall–Kier alpha value is -1.58. The molecule has 0 saturated heterocycles. The van der Waals surface area contributed by atoms with Crippen molar-refractivity contribution in [3.05, 3.63) is 23.4 Å². The molecule has 0 unspecified atom stereocenters. The van der Waals surface area contributed by atoms with Crippen molar-refractivity contribution in [2.75, 3.05) is 5.32 Å². The fraction of sp³-hybridized carbons (Fsp3) is 0.700. The van der Waals surface area contributed by atoms with Crippen LogP contribution in [0.1, 0.15) is 81.9 Å². The molecule has 24 heavy (non-hydrogen) atoms. The number of nitrogens with one attached hydrogen (secondary N) is 1. The molecule has 1 aromatic rings. The average Bonchev–Trinajstić information content (AvgIpc) is 3.34. The predicted octanol–water partition coefficient (Wildman–Crippen LogP) is 4.72. The van der Waals surface area contributed by atoms with Crippen LogP contribution < -0.4 is 5.32 Å². The molecule has 1 aromatic heterocycles. The largest absolute Gasteiger partial charge is 0.481 e. The summed E-state index contributed by atoms with van der Waals surface area (Å²) < 4.78 is 0. The van der Waals surface area contributed by atoms with Crippen LogP contribution in [0.4, 0.5) is 5.82 Å². The van der Waals surface area contributed by atoms with Gasteiger partial charge in [-0.3, -0.25) is 4.79 Å². The van der Waals surface area contributed by atoms with E-state index in [1.54, 1.807) is 0 Å². The molecule has 1 aliphatic heterocycles. The topological polar surface area (TPSA) is 62.2 Å². The molecule has 4 heteroatoms. The maximum atomic E-state index is 10.4. The summed E-state index contributed by atoms with van der Waals surface area (Å²) in [6, 6.07) is 4.48. The molecule has 132 valence electrons. The van der Waals surface area contributed by atoms with Gasteiger partial charge in [0.2, 0.25) is 0 Å². The Labute approximate surface area is 145 Å². The SMILES string of the molecule is O=C(O)CCCCCCCCc1ccc2c(n1)NC1(CCC2)CC1. The third kappa shape index (κ3) is 4.96. The highest BCUT2D eigenvalue weighted by Crippen LogP contribution is 2.45. The van der Waals surface area contributed by atoms with Gasteiger partial charge in [0.05, 0.1) is 0 Å². The zero-order valence-electron chi connectivity index (χ0n) is 14.6. The smallest absolute Gasteiger partial charge is 0.303 e. The lowest BCUT2D eigenvalue weighted by atomic mass is 10.1. The monoisotopic (exact) mass is 330 g/mol. The van der Waals surface area contributed by atoms with Gasteiger partial charge in [-0.25, -0.2) is 4.98 Å². The molecule has 1 spiro atoms. The summed E-state index contributed by atoms with van der Waals surface area (Å²) in [5.41, 5.74) is 2.98. The lowest BCUT2D eigenvalue weighted by molar-refractivity contribution is -0.137. The Morgan fingerprint density at radius 2 is 1.83 bits per heavy atom.